The van der Waals surface area contributed by atoms with E-state index < -0.39 is 16.5 Å². The number of thiazole rings is 1. The zero-order chi connectivity index (χ0) is 20.4. The van der Waals surface area contributed by atoms with Crippen LogP contribution in [0.1, 0.15) is 83.1 Å². The lowest BCUT2D eigenvalue weighted by molar-refractivity contribution is 0.758. The highest BCUT2D eigenvalue weighted by molar-refractivity contribution is 7.09. The first-order chi connectivity index (χ1) is 11.9. The van der Waals surface area contributed by atoms with Crippen LogP contribution in [0.2, 0.25) is 33.2 Å². The van der Waals surface area contributed by atoms with Crippen LogP contribution >= 0.6 is 11.3 Å². The van der Waals surface area contributed by atoms with Crippen molar-refractivity contribution in [2.45, 2.75) is 116 Å². The van der Waals surface area contributed by atoms with Gasteiger partial charge in [0.1, 0.15) is 5.82 Å². The predicted molar refractivity (Wildman–Crippen MR) is 127 cm³/mol. The van der Waals surface area contributed by atoms with Crippen molar-refractivity contribution < 1.29 is 0 Å². The summed E-state index contributed by atoms with van der Waals surface area (Å²) in [6.07, 6.45) is 0. The molecule has 0 saturated carbocycles. The van der Waals surface area contributed by atoms with Gasteiger partial charge in [0.15, 0.2) is 16.5 Å². The van der Waals surface area contributed by atoms with E-state index in [4.69, 9.17) is 4.98 Å². The Kier molecular flexibility index (Phi) is 8.19. The molecule has 0 amide bonds. The molecule has 2 nitrogen and oxygen atoms in total. The van der Waals surface area contributed by atoms with E-state index in [1.165, 1.54) is 5.82 Å². The number of aromatic nitrogens is 1. The van der Waals surface area contributed by atoms with E-state index in [2.05, 4.69) is 92.7 Å². The first-order valence-corrected chi connectivity index (χ1v) is 15.9. The summed E-state index contributed by atoms with van der Waals surface area (Å²) in [6.45, 7) is 29.9. The highest BCUT2D eigenvalue weighted by Crippen LogP contribution is 2.55. The molecule has 0 aliphatic carbocycles. The quantitative estimate of drug-likeness (QED) is 0.379. The van der Waals surface area contributed by atoms with E-state index in [1.54, 1.807) is 11.3 Å². The molecule has 26 heavy (non-hydrogen) atoms. The Balaban J connectivity index is 4.00. The average Bonchev–Trinajstić information content (AvgIpc) is 2.97. The number of hydrogen-bond donors (Lipinski definition) is 0. The fraction of sp³-hybridized carbons (Fsp3) is 0.857. The van der Waals surface area contributed by atoms with E-state index >= 15 is 0 Å². The maximum Gasteiger partial charge on any atom is 0.157 e. The number of anilines is 1. The molecule has 0 bridgehead atoms. The molecule has 5 heteroatoms. The second kappa shape index (κ2) is 8.91. The van der Waals surface area contributed by atoms with Gasteiger partial charge in [-0.3, -0.25) is 0 Å². The Morgan fingerprint density at radius 2 is 0.962 bits per heavy atom. The maximum atomic E-state index is 4.96. The van der Waals surface area contributed by atoms with Crippen molar-refractivity contribution >= 4 is 33.6 Å². The Morgan fingerprint density at radius 3 is 1.15 bits per heavy atom. The van der Waals surface area contributed by atoms with Gasteiger partial charge in [0.05, 0.1) is 5.51 Å². The molecule has 0 aliphatic heterocycles. The van der Waals surface area contributed by atoms with Crippen molar-refractivity contribution in [3.63, 3.8) is 0 Å². The molecule has 0 fully saturated rings. The van der Waals surface area contributed by atoms with Gasteiger partial charge < -0.3 is 4.23 Å². The zero-order valence-electron chi connectivity index (χ0n) is 19.4. The summed E-state index contributed by atoms with van der Waals surface area (Å²) in [6, 6.07) is 0. The average molecular weight is 413 g/mol. The van der Waals surface area contributed by atoms with Crippen molar-refractivity contribution in [2.24, 2.45) is 0 Å². The van der Waals surface area contributed by atoms with Crippen LogP contribution in [-0.2, 0) is 0 Å². The molecule has 0 N–H and O–H groups in total. The Hall–Kier alpha value is -0.136. The molecule has 152 valence electrons. The molecule has 0 atom stereocenters. The lowest BCUT2D eigenvalue weighted by atomic mass is 10.5. The monoisotopic (exact) mass is 412 g/mol. The van der Waals surface area contributed by atoms with E-state index in [9.17, 15) is 0 Å². The van der Waals surface area contributed by atoms with Gasteiger partial charge in [-0.15, -0.1) is 11.3 Å². The smallest absolute Gasteiger partial charge is 0.157 e. The van der Waals surface area contributed by atoms with Gasteiger partial charge >= 0.3 is 0 Å². The van der Waals surface area contributed by atoms with Crippen molar-refractivity contribution in [3.8, 4) is 0 Å². The molecule has 0 spiro atoms. The topological polar surface area (TPSA) is 16.1 Å². The molecule has 0 unspecified atom stereocenters. The van der Waals surface area contributed by atoms with Gasteiger partial charge in [0.2, 0.25) is 0 Å². The van der Waals surface area contributed by atoms with Gasteiger partial charge in [0, 0.05) is 5.38 Å². The first kappa shape index (κ1) is 23.9. The van der Waals surface area contributed by atoms with E-state index in [-0.39, 0.29) is 0 Å². The lowest BCUT2D eigenvalue weighted by Gasteiger charge is -2.63. The van der Waals surface area contributed by atoms with E-state index in [0.29, 0.717) is 33.2 Å². The largest absolute Gasteiger partial charge is 0.407 e. The Bertz CT molecular complexity index is 461. The van der Waals surface area contributed by atoms with E-state index in [0.717, 1.165) is 0 Å². The third kappa shape index (κ3) is 3.60. The minimum atomic E-state index is -1.85. The third-order valence-corrected chi connectivity index (χ3v) is 23.0. The molecular formula is C21H44N2SSi2. The normalized spacial score (nSPS) is 13.9. The molecule has 0 aliphatic rings. The van der Waals surface area contributed by atoms with Crippen molar-refractivity contribution in [1.29, 1.82) is 0 Å². The zero-order valence-corrected chi connectivity index (χ0v) is 22.2. The van der Waals surface area contributed by atoms with Gasteiger partial charge in [-0.05, 0) is 33.2 Å². The van der Waals surface area contributed by atoms with Crippen molar-refractivity contribution in [3.05, 3.63) is 10.9 Å². The Morgan fingerprint density at radius 1 is 0.654 bits per heavy atom. The fourth-order valence-electron chi connectivity index (χ4n) is 6.60. The summed E-state index contributed by atoms with van der Waals surface area (Å²) >= 11 is 1.76. The summed E-state index contributed by atoms with van der Waals surface area (Å²) < 4.78 is 3.08. The predicted octanol–water partition coefficient (Wildman–Crippen LogP) is 8.30. The molecule has 1 heterocycles. The summed E-state index contributed by atoms with van der Waals surface area (Å²) in [5.41, 5.74) is 6.25. The molecule has 0 saturated heterocycles. The van der Waals surface area contributed by atoms with Crippen molar-refractivity contribution in [1.82, 2.24) is 4.98 Å². The SMILES string of the molecule is CC(C)[Si](C(C)C)(C(C)C)N(c1cscn1)[Si](C(C)C)(C(C)C)C(C)C. The second-order valence-corrected chi connectivity index (χ2v) is 22.4. The highest BCUT2D eigenvalue weighted by atomic mass is 32.1. The summed E-state index contributed by atoms with van der Waals surface area (Å²) in [7, 11) is -3.69. The molecule has 1 aromatic rings. The number of rotatable bonds is 9. The molecule has 1 rings (SSSR count). The number of nitrogens with zero attached hydrogens (tertiary/aromatic N) is 2. The lowest BCUT2D eigenvalue weighted by Crippen LogP contribution is -2.74. The van der Waals surface area contributed by atoms with Crippen LogP contribution < -0.4 is 4.23 Å². The minimum absolute atomic E-state index is 0.701. The second-order valence-electron chi connectivity index (χ2n) is 9.88. The van der Waals surface area contributed by atoms with Crippen LogP contribution in [0.4, 0.5) is 5.82 Å². The number of hydrogen-bond acceptors (Lipinski definition) is 3. The van der Waals surface area contributed by atoms with Crippen molar-refractivity contribution in [2.75, 3.05) is 4.23 Å². The highest BCUT2D eigenvalue weighted by Gasteiger charge is 2.60. The van der Waals surface area contributed by atoms with Gasteiger partial charge in [-0.2, -0.15) is 0 Å². The fourth-order valence-corrected chi connectivity index (χ4v) is 26.8. The van der Waals surface area contributed by atoms with E-state index in [1.807, 2.05) is 5.51 Å². The van der Waals surface area contributed by atoms with Crippen LogP contribution in [0.15, 0.2) is 10.9 Å². The molecule has 0 aromatic carbocycles. The maximum absolute atomic E-state index is 4.96. The molecular weight excluding hydrogens is 368 g/mol. The molecule has 1 aromatic heterocycles. The standard InChI is InChI=1S/C21H44N2SSi2/c1-15(2)25(16(3)4,17(5)6)23(21-13-24-14-22-21)26(18(7)8,19(9)10)20(11)12/h13-20H,1-12H3. The minimum Gasteiger partial charge on any atom is -0.407 e. The first-order valence-electron chi connectivity index (χ1n) is 10.6. The van der Waals surface area contributed by atoms with Crippen LogP contribution in [0, 0.1) is 0 Å². The van der Waals surface area contributed by atoms with Crippen LogP contribution in [-0.4, -0.2) is 21.5 Å². The third-order valence-electron chi connectivity index (χ3n) is 6.97. The van der Waals surface area contributed by atoms with Gasteiger partial charge in [-0.25, -0.2) is 4.98 Å². The van der Waals surface area contributed by atoms with Gasteiger partial charge in [-0.1, -0.05) is 83.1 Å². The summed E-state index contributed by atoms with van der Waals surface area (Å²) in [5.74, 6) is 1.29. The van der Waals surface area contributed by atoms with Crippen LogP contribution in [0.25, 0.3) is 0 Å². The molecule has 0 radical (unpaired) electrons. The summed E-state index contributed by atoms with van der Waals surface area (Å²) in [4.78, 5) is 4.96. The van der Waals surface area contributed by atoms with Gasteiger partial charge in [0.25, 0.3) is 0 Å². The Labute approximate surface area is 170 Å². The van der Waals surface area contributed by atoms with Crippen LogP contribution in [0.5, 0.6) is 0 Å². The van der Waals surface area contributed by atoms with Crippen LogP contribution in [0.3, 0.4) is 0 Å². The summed E-state index contributed by atoms with van der Waals surface area (Å²) in [5, 5.41) is 2.34.